The number of hydrogen-bond acceptors (Lipinski definition) is 4. The molecule has 6 nitrogen and oxygen atoms in total. The van der Waals surface area contributed by atoms with Crippen LogP contribution in [0.4, 0.5) is 0 Å². The van der Waals surface area contributed by atoms with Crippen molar-refractivity contribution in [2.24, 2.45) is 5.92 Å². The second-order valence-electron chi connectivity index (χ2n) is 5.10. The Morgan fingerprint density at radius 2 is 2.37 bits per heavy atom. The van der Waals surface area contributed by atoms with Crippen LogP contribution in [0.2, 0.25) is 0 Å². The molecule has 0 radical (unpaired) electrons. The molecule has 0 aliphatic carbocycles. The quantitative estimate of drug-likeness (QED) is 0.829. The van der Waals surface area contributed by atoms with Crippen LogP contribution in [0.1, 0.15) is 25.6 Å². The third-order valence-corrected chi connectivity index (χ3v) is 5.05. The normalized spacial score (nSPS) is 25.6. The maximum atomic E-state index is 11.6. The highest BCUT2D eigenvalue weighted by Crippen LogP contribution is 2.22. The van der Waals surface area contributed by atoms with E-state index in [4.69, 9.17) is 0 Å². The maximum Gasteiger partial charge on any atom is 0.211 e. The van der Waals surface area contributed by atoms with Crippen LogP contribution in [0.5, 0.6) is 0 Å². The molecule has 0 amide bonds. The fraction of sp³-hybridized carbons (Fsp3) is 0.750. The van der Waals surface area contributed by atoms with Crippen LogP contribution >= 0.6 is 0 Å². The van der Waals surface area contributed by atoms with Gasteiger partial charge < -0.3 is 10.3 Å². The van der Waals surface area contributed by atoms with Crippen molar-refractivity contribution >= 4 is 10.0 Å². The summed E-state index contributed by atoms with van der Waals surface area (Å²) >= 11 is 0. The van der Waals surface area contributed by atoms with Crippen LogP contribution in [0.25, 0.3) is 0 Å². The van der Waals surface area contributed by atoms with E-state index in [0.717, 1.165) is 18.7 Å². The molecule has 1 aromatic heterocycles. The highest BCUT2D eigenvalue weighted by molar-refractivity contribution is 7.88. The molecule has 1 aliphatic rings. The molecule has 2 atom stereocenters. The van der Waals surface area contributed by atoms with Gasteiger partial charge in [0.25, 0.3) is 0 Å². The van der Waals surface area contributed by atoms with Gasteiger partial charge >= 0.3 is 0 Å². The summed E-state index contributed by atoms with van der Waals surface area (Å²) in [7, 11) is -3.06. The number of nitrogens with one attached hydrogen (secondary N) is 2. The zero-order valence-corrected chi connectivity index (χ0v) is 12.3. The van der Waals surface area contributed by atoms with Gasteiger partial charge in [-0.15, -0.1) is 0 Å². The smallest absolute Gasteiger partial charge is 0.211 e. The average Bonchev–Trinajstić information content (AvgIpc) is 2.88. The largest absolute Gasteiger partial charge is 0.348 e. The summed E-state index contributed by atoms with van der Waals surface area (Å²) in [4.78, 5) is 7.24. The molecule has 0 bridgehead atoms. The summed E-state index contributed by atoms with van der Waals surface area (Å²) in [6.07, 6.45) is 6.66. The van der Waals surface area contributed by atoms with Gasteiger partial charge in [0.15, 0.2) is 0 Å². The van der Waals surface area contributed by atoms with Crippen LogP contribution in [-0.2, 0) is 16.6 Å². The second-order valence-corrected chi connectivity index (χ2v) is 7.08. The molecule has 0 unspecified atom stereocenters. The Morgan fingerprint density at radius 1 is 1.58 bits per heavy atom. The number of piperidine rings is 1. The summed E-state index contributed by atoms with van der Waals surface area (Å²) in [5, 5.41) is 3.48. The summed E-state index contributed by atoms with van der Waals surface area (Å²) in [5.74, 6) is 1.28. The molecule has 108 valence electrons. The van der Waals surface area contributed by atoms with Crippen LogP contribution in [0.15, 0.2) is 12.4 Å². The van der Waals surface area contributed by atoms with Gasteiger partial charge in [0.2, 0.25) is 10.0 Å². The van der Waals surface area contributed by atoms with Gasteiger partial charge in [-0.3, -0.25) is 0 Å². The van der Waals surface area contributed by atoms with E-state index >= 15 is 0 Å². The van der Waals surface area contributed by atoms with Gasteiger partial charge in [0, 0.05) is 31.5 Å². The predicted octanol–water partition coefficient (Wildman–Crippen LogP) is 0.559. The zero-order chi connectivity index (χ0) is 13.9. The van der Waals surface area contributed by atoms with Gasteiger partial charge in [0.1, 0.15) is 5.82 Å². The molecule has 0 aromatic carbocycles. The second kappa shape index (κ2) is 6.02. The van der Waals surface area contributed by atoms with Gasteiger partial charge in [0.05, 0.1) is 12.8 Å². The topological polar surface area (TPSA) is 78.1 Å². The first-order valence-corrected chi connectivity index (χ1v) is 8.52. The first kappa shape index (κ1) is 14.5. The Labute approximate surface area is 114 Å². The number of aromatic amines is 1. The Bertz CT molecular complexity index is 486. The Hall–Kier alpha value is -0.920. The van der Waals surface area contributed by atoms with E-state index in [9.17, 15) is 8.42 Å². The van der Waals surface area contributed by atoms with Crippen molar-refractivity contribution in [3.8, 4) is 0 Å². The molecule has 2 heterocycles. The van der Waals surface area contributed by atoms with Crippen molar-refractivity contribution in [2.75, 3.05) is 19.3 Å². The lowest BCUT2D eigenvalue weighted by molar-refractivity contribution is 0.201. The fourth-order valence-electron chi connectivity index (χ4n) is 2.60. The van der Waals surface area contributed by atoms with Crippen molar-refractivity contribution in [1.29, 1.82) is 0 Å². The molecular weight excluding hydrogens is 264 g/mol. The highest BCUT2D eigenvalue weighted by atomic mass is 32.2. The Balaban J connectivity index is 1.92. The lowest BCUT2D eigenvalue weighted by Gasteiger charge is -2.37. The SMILES string of the molecule is CC[C@@H]1CN(S(C)(=O)=O)CC[C@@H]1NCc1ncc[nH]1. The van der Waals surface area contributed by atoms with Gasteiger partial charge in [-0.25, -0.2) is 17.7 Å². The molecule has 19 heavy (non-hydrogen) atoms. The summed E-state index contributed by atoms with van der Waals surface area (Å²) < 4.78 is 24.8. The van der Waals surface area contributed by atoms with Crippen molar-refractivity contribution in [3.05, 3.63) is 18.2 Å². The fourth-order valence-corrected chi connectivity index (χ4v) is 3.50. The monoisotopic (exact) mass is 286 g/mol. The molecule has 1 aliphatic heterocycles. The average molecular weight is 286 g/mol. The third-order valence-electron chi connectivity index (χ3n) is 3.78. The standard InChI is InChI=1S/C12H22N4O2S/c1-3-10-9-16(19(2,17)18)7-4-11(10)15-8-12-13-5-6-14-12/h5-6,10-11,15H,3-4,7-9H2,1-2H3,(H,13,14)/t10-,11+/m1/s1. The molecule has 0 spiro atoms. The Kier molecular flexibility index (Phi) is 4.59. The molecule has 1 saturated heterocycles. The van der Waals surface area contributed by atoms with Crippen molar-refractivity contribution in [2.45, 2.75) is 32.4 Å². The lowest BCUT2D eigenvalue weighted by Crippen LogP contribution is -2.50. The number of aromatic nitrogens is 2. The van der Waals surface area contributed by atoms with Crippen LogP contribution in [-0.4, -0.2) is 48.1 Å². The number of rotatable bonds is 5. The number of H-pyrrole nitrogens is 1. The summed E-state index contributed by atoms with van der Waals surface area (Å²) in [6, 6.07) is 0.355. The van der Waals surface area contributed by atoms with E-state index < -0.39 is 10.0 Å². The van der Waals surface area contributed by atoms with Crippen LogP contribution in [0, 0.1) is 5.92 Å². The summed E-state index contributed by atoms with van der Waals surface area (Å²) in [6.45, 7) is 4.03. The molecule has 1 fully saturated rings. The molecule has 1 aromatic rings. The predicted molar refractivity (Wildman–Crippen MR) is 74.0 cm³/mol. The van der Waals surface area contributed by atoms with E-state index in [1.807, 2.05) is 0 Å². The van der Waals surface area contributed by atoms with Gasteiger partial charge in [-0.1, -0.05) is 13.3 Å². The van der Waals surface area contributed by atoms with Crippen molar-refractivity contribution < 1.29 is 8.42 Å². The van der Waals surface area contributed by atoms with Crippen LogP contribution in [0.3, 0.4) is 0 Å². The molecule has 2 rings (SSSR count). The van der Waals surface area contributed by atoms with E-state index in [1.54, 1.807) is 16.7 Å². The van der Waals surface area contributed by atoms with Crippen LogP contribution < -0.4 is 5.32 Å². The zero-order valence-electron chi connectivity index (χ0n) is 11.5. The molecule has 0 saturated carbocycles. The first-order valence-electron chi connectivity index (χ1n) is 6.67. The molecule has 2 N–H and O–H groups in total. The van der Waals surface area contributed by atoms with E-state index in [2.05, 4.69) is 22.2 Å². The first-order chi connectivity index (χ1) is 9.00. The minimum absolute atomic E-state index is 0.355. The molecule has 7 heteroatoms. The van der Waals surface area contributed by atoms with Crippen molar-refractivity contribution in [1.82, 2.24) is 19.6 Å². The maximum absolute atomic E-state index is 11.6. The van der Waals surface area contributed by atoms with E-state index in [0.29, 0.717) is 31.6 Å². The third kappa shape index (κ3) is 3.77. The van der Waals surface area contributed by atoms with Gasteiger partial charge in [-0.2, -0.15) is 0 Å². The number of sulfonamides is 1. The Morgan fingerprint density at radius 3 is 2.95 bits per heavy atom. The highest BCUT2D eigenvalue weighted by Gasteiger charge is 2.31. The van der Waals surface area contributed by atoms with Gasteiger partial charge in [-0.05, 0) is 12.3 Å². The minimum atomic E-state index is -3.06. The van der Waals surface area contributed by atoms with E-state index in [1.165, 1.54) is 6.26 Å². The summed E-state index contributed by atoms with van der Waals surface area (Å²) in [5.41, 5.74) is 0. The van der Waals surface area contributed by atoms with E-state index in [-0.39, 0.29) is 0 Å². The minimum Gasteiger partial charge on any atom is -0.348 e. The number of hydrogen-bond donors (Lipinski definition) is 2. The number of nitrogens with zero attached hydrogens (tertiary/aromatic N) is 2. The number of imidazole rings is 1. The van der Waals surface area contributed by atoms with Crippen molar-refractivity contribution in [3.63, 3.8) is 0 Å². The lowest BCUT2D eigenvalue weighted by atomic mass is 9.91. The molecular formula is C12H22N4O2S.